The molecule has 0 radical (unpaired) electrons. The van der Waals surface area contributed by atoms with E-state index in [2.05, 4.69) is 26.4 Å². The van der Waals surface area contributed by atoms with E-state index in [4.69, 9.17) is 0 Å². The van der Waals surface area contributed by atoms with Crippen molar-refractivity contribution in [1.29, 1.82) is 0 Å². The number of likely N-dealkylation sites (tertiary alicyclic amines) is 1. The summed E-state index contributed by atoms with van der Waals surface area (Å²) in [7, 11) is 0. The topological polar surface area (TPSA) is 34.0 Å². The van der Waals surface area contributed by atoms with Crippen LogP contribution in [0.5, 0.6) is 0 Å². The van der Waals surface area contributed by atoms with E-state index in [-0.39, 0.29) is 12.4 Å². The van der Waals surface area contributed by atoms with Gasteiger partial charge in [0.05, 0.1) is 11.3 Å². The van der Waals surface area contributed by atoms with Gasteiger partial charge in [-0.05, 0) is 31.2 Å². The molecule has 0 aromatic carbocycles. The van der Waals surface area contributed by atoms with E-state index in [1.54, 1.807) is 0 Å². The monoisotopic (exact) mass is 396 g/mol. The molecule has 2 aliphatic rings. The number of hydrogen-bond acceptors (Lipinski definition) is 3. The molecule has 0 N–H and O–H groups in total. The number of aryl methyl sites for hydroxylation is 2. The molecule has 4 rings (SSSR count). The molecule has 2 aromatic rings. The second kappa shape index (κ2) is 7.13. The van der Waals surface area contributed by atoms with E-state index in [0.29, 0.717) is 35.7 Å². The molecule has 0 spiro atoms. The van der Waals surface area contributed by atoms with Crippen LogP contribution < -0.4 is 0 Å². The first-order valence-corrected chi connectivity index (χ1v) is 9.73. The first kappa shape index (κ1) is 19.4. The lowest BCUT2D eigenvalue weighted by atomic mass is 10.1. The highest BCUT2D eigenvalue weighted by Gasteiger charge is 2.57. The van der Waals surface area contributed by atoms with Gasteiger partial charge in [-0.2, -0.15) is 13.2 Å². The fourth-order valence-corrected chi connectivity index (χ4v) is 4.49. The first-order valence-electron chi connectivity index (χ1n) is 9.73. The molecule has 2 aromatic heterocycles. The molecular weight excluding hydrogens is 372 g/mol. The summed E-state index contributed by atoms with van der Waals surface area (Å²) in [4.78, 5) is 10.7. The van der Waals surface area contributed by atoms with Gasteiger partial charge in [0.1, 0.15) is 12.5 Å². The predicted molar refractivity (Wildman–Crippen MR) is 97.6 cm³/mol. The summed E-state index contributed by atoms with van der Waals surface area (Å²) in [5.74, 6) is 1.86. The van der Waals surface area contributed by atoms with Crippen LogP contribution in [-0.4, -0.2) is 45.7 Å². The second-order valence-electron chi connectivity index (χ2n) is 7.82. The number of fused-ring (bicyclic) bond motifs is 1. The van der Waals surface area contributed by atoms with Gasteiger partial charge in [-0.3, -0.25) is 4.98 Å². The average molecular weight is 396 g/mol. The largest absolute Gasteiger partial charge is 0.418 e. The molecule has 0 bridgehead atoms. The van der Waals surface area contributed by atoms with Crippen molar-refractivity contribution < 1.29 is 17.6 Å². The molecule has 0 unspecified atom stereocenters. The number of alkyl halides is 4. The maximum Gasteiger partial charge on any atom is 0.418 e. The van der Waals surface area contributed by atoms with E-state index in [0.717, 1.165) is 37.8 Å². The molecule has 28 heavy (non-hydrogen) atoms. The maximum absolute atomic E-state index is 13.2. The number of aromatic nitrogens is 3. The number of hydrogen-bond donors (Lipinski definition) is 0. The van der Waals surface area contributed by atoms with Crippen molar-refractivity contribution in [3.63, 3.8) is 0 Å². The highest BCUT2D eigenvalue weighted by Crippen LogP contribution is 2.55. The standard InChI is InChI=1S/C20H24F4N4/c1-3-4-18-26-17(13-7-16(20(22,23)24)12(2)25-8-13)11-28(18)19-14-9-27(6-5-21)10-15(14)19/h7-8,11,14-15,19H,3-6,9-10H2,1-2H3/t14-,15+,19+. The SMILES string of the molecule is CCCc1nc(-c2cnc(C)c(C(F)(F)F)c2)cn1[C@H]1[C@@H]2CN(CCF)C[C@@H]21. The van der Waals surface area contributed by atoms with Crippen molar-refractivity contribution in [1.82, 2.24) is 19.4 Å². The Morgan fingerprint density at radius 3 is 2.54 bits per heavy atom. The van der Waals surface area contributed by atoms with Crippen LogP contribution in [0, 0.1) is 18.8 Å². The van der Waals surface area contributed by atoms with Crippen molar-refractivity contribution in [2.75, 3.05) is 26.3 Å². The average Bonchev–Trinajstić information content (AvgIpc) is 2.96. The van der Waals surface area contributed by atoms with Gasteiger partial charge in [0.25, 0.3) is 0 Å². The van der Waals surface area contributed by atoms with E-state index in [9.17, 15) is 17.6 Å². The zero-order chi connectivity index (χ0) is 20.1. The van der Waals surface area contributed by atoms with Crippen LogP contribution in [0.2, 0.25) is 0 Å². The lowest BCUT2D eigenvalue weighted by Gasteiger charge is -2.18. The molecule has 1 saturated heterocycles. The molecule has 1 aliphatic carbocycles. The van der Waals surface area contributed by atoms with Crippen LogP contribution in [0.1, 0.15) is 36.5 Å². The molecule has 0 amide bonds. The lowest BCUT2D eigenvalue weighted by molar-refractivity contribution is -0.138. The molecule has 4 nitrogen and oxygen atoms in total. The molecule has 3 heterocycles. The van der Waals surface area contributed by atoms with Crippen molar-refractivity contribution >= 4 is 0 Å². The Bertz CT molecular complexity index is 848. The minimum atomic E-state index is -4.44. The molecular formula is C20H24F4N4. The Kier molecular flexibility index (Phi) is 4.93. The maximum atomic E-state index is 13.2. The van der Waals surface area contributed by atoms with Crippen molar-refractivity contribution in [3.05, 3.63) is 35.5 Å². The van der Waals surface area contributed by atoms with Crippen LogP contribution in [-0.2, 0) is 12.6 Å². The zero-order valence-electron chi connectivity index (χ0n) is 16.0. The third-order valence-corrected chi connectivity index (χ3v) is 5.92. The lowest BCUT2D eigenvalue weighted by Crippen LogP contribution is -2.27. The smallest absolute Gasteiger partial charge is 0.331 e. The molecule has 1 aliphatic heterocycles. The Balaban J connectivity index is 1.62. The van der Waals surface area contributed by atoms with Crippen LogP contribution >= 0.6 is 0 Å². The van der Waals surface area contributed by atoms with Crippen LogP contribution in [0.15, 0.2) is 18.5 Å². The van der Waals surface area contributed by atoms with Crippen molar-refractivity contribution in [3.8, 4) is 11.3 Å². The third-order valence-electron chi connectivity index (χ3n) is 5.92. The highest BCUT2D eigenvalue weighted by molar-refractivity contribution is 5.59. The Hall–Kier alpha value is -1.96. The van der Waals surface area contributed by atoms with Gasteiger partial charge in [0, 0.05) is 55.7 Å². The van der Waals surface area contributed by atoms with Crippen LogP contribution in [0.4, 0.5) is 17.6 Å². The fourth-order valence-electron chi connectivity index (χ4n) is 4.49. The molecule has 3 atom stereocenters. The van der Waals surface area contributed by atoms with Crippen LogP contribution in [0.25, 0.3) is 11.3 Å². The van der Waals surface area contributed by atoms with Gasteiger partial charge in [0.2, 0.25) is 0 Å². The number of imidazole rings is 1. The van der Waals surface area contributed by atoms with E-state index >= 15 is 0 Å². The number of pyridine rings is 1. The van der Waals surface area contributed by atoms with Gasteiger partial charge in [-0.1, -0.05) is 6.92 Å². The van der Waals surface area contributed by atoms with Gasteiger partial charge < -0.3 is 9.47 Å². The van der Waals surface area contributed by atoms with E-state index < -0.39 is 11.7 Å². The highest BCUT2D eigenvalue weighted by atomic mass is 19.4. The Labute approximate surface area is 161 Å². The van der Waals surface area contributed by atoms with Crippen molar-refractivity contribution in [2.24, 2.45) is 11.8 Å². The first-order chi connectivity index (χ1) is 13.3. The second-order valence-corrected chi connectivity index (χ2v) is 7.82. The molecule has 1 saturated carbocycles. The van der Waals surface area contributed by atoms with Gasteiger partial charge in [-0.25, -0.2) is 9.37 Å². The quantitative estimate of drug-likeness (QED) is 0.683. The summed E-state index contributed by atoms with van der Waals surface area (Å²) in [5.41, 5.74) is 0.168. The number of piperidine rings is 1. The minimum Gasteiger partial charge on any atom is -0.331 e. The fraction of sp³-hybridized carbons (Fsp3) is 0.600. The minimum absolute atomic E-state index is 0.0332. The van der Waals surface area contributed by atoms with E-state index in [1.165, 1.54) is 13.1 Å². The normalized spacial score (nSPS) is 24.6. The van der Waals surface area contributed by atoms with Gasteiger partial charge >= 0.3 is 6.18 Å². The summed E-state index contributed by atoms with van der Waals surface area (Å²) >= 11 is 0. The van der Waals surface area contributed by atoms with Crippen LogP contribution in [0.3, 0.4) is 0 Å². The Morgan fingerprint density at radius 2 is 1.93 bits per heavy atom. The number of halogens is 4. The zero-order valence-corrected chi connectivity index (χ0v) is 16.0. The van der Waals surface area contributed by atoms with Crippen molar-refractivity contribution in [2.45, 2.75) is 38.9 Å². The van der Waals surface area contributed by atoms with Gasteiger partial charge in [0.15, 0.2) is 0 Å². The summed E-state index contributed by atoms with van der Waals surface area (Å²) in [6.07, 6.45) is 0.584. The molecule has 152 valence electrons. The number of nitrogens with zero attached hydrogens (tertiary/aromatic N) is 4. The Morgan fingerprint density at radius 1 is 1.21 bits per heavy atom. The summed E-state index contributed by atoms with van der Waals surface area (Å²) in [5, 5.41) is 0. The molecule has 2 fully saturated rings. The summed E-state index contributed by atoms with van der Waals surface area (Å²) < 4.78 is 54.5. The van der Waals surface area contributed by atoms with E-state index in [1.807, 2.05) is 6.20 Å². The van der Waals surface area contributed by atoms with Gasteiger partial charge in [-0.15, -0.1) is 0 Å². The third kappa shape index (κ3) is 3.43. The number of rotatable bonds is 6. The summed E-state index contributed by atoms with van der Waals surface area (Å²) in [6, 6.07) is 1.46. The molecule has 8 heteroatoms. The predicted octanol–water partition coefficient (Wildman–Crippen LogP) is 4.30. The summed E-state index contributed by atoms with van der Waals surface area (Å²) in [6.45, 7) is 5.33.